The normalized spacial score (nSPS) is 23.5. The van der Waals surface area contributed by atoms with Crippen molar-refractivity contribution in [1.29, 1.82) is 0 Å². The van der Waals surface area contributed by atoms with Crippen LogP contribution in [-0.2, 0) is 4.74 Å². The Bertz CT molecular complexity index is 479. The van der Waals surface area contributed by atoms with E-state index in [2.05, 4.69) is 31.9 Å². The summed E-state index contributed by atoms with van der Waals surface area (Å²) in [5.41, 5.74) is 1.81. The van der Waals surface area contributed by atoms with Gasteiger partial charge in [0.2, 0.25) is 0 Å². The monoisotopic (exact) mass is 389 g/mol. The molecule has 5 heteroatoms. The smallest absolute Gasteiger partial charge is 0.255 e. The fourth-order valence-corrected chi connectivity index (χ4v) is 2.96. The number of halogens is 2. The van der Waals surface area contributed by atoms with Crippen LogP contribution in [0.4, 0.5) is 0 Å². The Labute approximate surface area is 130 Å². The Morgan fingerprint density at radius 3 is 2.95 bits per heavy atom. The van der Waals surface area contributed by atoms with Gasteiger partial charge in [-0.25, -0.2) is 0 Å². The van der Waals surface area contributed by atoms with Gasteiger partial charge in [-0.15, -0.1) is 0 Å². The standard InChI is InChI=1S/C14H17Br2NO2/c1-9-3-4-13(16)12(5-9)14(18)17-7-11(6-15)19-8-10(17)2/h3-5,10-11H,6-8H2,1-2H3. The van der Waals surface area contributed by atoms with Crippen LogP contribution in [0.15, 0.2) is 22.7 Å². The summed E-state index contributed by atoms with van der Waals surface area (Å²) in [7, 11) is 0. The zero-order chi connectivity index (χ0) is 14.0. The van der Waals surface area contributed by atoms with Gasteiger partial charge in [-0.2, -0.15) is 0 Å². The lowest BCUT2D eigenvalue weighted by Crippen LogP contribution is -2.51. The number of morpholine rings is 1. The quantitative estimate of drug-likeness (QED) is 0.724. The molecule has 0 aliphatic carbocycles. The first-order valence-electron chi connectivity index (χ1n) is 6.27. The van der Waals surface area contributed by atoms with Crippen molar-refractivity contribution in [3.63, 3.8) is 0 Å². The lowest BCUT2D eigenvalue weighted by Gasteiger charge is -2.37. The zero-order valence-corrected chi connectivity index (χ0v) is 14.2. The van der Waals surface area contributed by atoms with Crippen LogP contribution in [0, 0.1) is 6.92 Å². The van der Waals surface area contributed by atoms with E-state index in [0.29, 0.717) is 13.2 Å². The van der Waals surface area contributed by atoms with Crippen LogP contribution in [0.5, 0.6) is 0 Å². The van der Waals surface area contributed by atoms with Gasteiger partial charge in [0.25, 0.3) is 5.91 Å². The maximum Gasteiger partial charge on any atom is 0.255 e. The summed E-state index contributed by atoms with van der Waals surface area (Å²) in [6.45, 7) is 5.23. The van der Waals surface area contributed by atoms with E-state index in [4.69, 9.17) is 4.74 Å². The van der Waals surface area contributed by atoms with Crippen LogP contribution in [0.1, 0.15) is 22.8 Å². The number of alkyl halides is 1. The predicted octanol–water partition coefficient (Wildman–Crippen LogP) is 3.38. The molecule has 1 aliphatic rings. The van der Waals surface area contributed by atoms with Gasteiger partial charge in [0.15, 0.2) is 0 Å². The van der Waals surface area contributed by atoms with Crippen molar-refractivity contribution in [3.05, 3.63) is 33.8 Å². The SMILES string of the molecule is Cc1ccc(Br)c(C(=O)N2CC(CBr)OCC2C)c1. The van der Waals surface area contributed by atoms with E-state index in [-0.39, 0.29) is 18.1 Å². The number of benzene rings is 1. The van der Waals surface area contributed by atoms with Gasteiger partial charge in [0.1, 0.15) is 0 Å². The van der Waals surface area contributed by atoms with Crippen LogP contribution in [0.25, 0.3) is 0 Å². The van der Waals surface area contributed by atoms with Crippen molar-refractivity contribution in [2.24, 2.45) is 0 Å². The third-order valence-electron chi connectivity index (χ3n) is 3.29. The molecular formula is C14H17Br2NO2. The molecule has 2 atom stereocenters. The van der Waals surface area contributed by atoms with Gasteiger partial charge in [-0.3, -0.25) is 4.79 Å². The Balaban J connectivity index is 2.24. The summed E-state index contributed by atoms with van der Waals surface area (Å²) in [6, 6.07) is 5.95. The van der Waals surface area contributed by atoms with Gasteiger partial charge in [-0.05, 0) is 41.9 Å². The number of aryl methyl sites for hydroxylation is 1. The number of hydrogen-bond acceptors (Lipinski definition) is 2. The van der Waals surface area contributed by atoms with Crippen LogP contribution in [-0.4, -0.2) is 41.4 Å². The number of nitrogens with zero attached hydrogens (tertiary/aromatic N) is 1. The molecule has 1 saturated heterocycles. The molecule has 1 aliphatic heterocycles. The summed E-state index contributed by atoms with van der Waals surface area (Å²) < 4.78 is 6.50. The van der Waals surface area contributed by atoms with Gasteiger partial charge < -0.3 is 9.64 Å². The second kappa shape index (κ2) is 6.37. The Hall–Kier alpha value is -0.390. The molecule has 0 aromatic heterocycles. The first-order chi connectivity index (χ1) is 9.02. The molecule has 1 amide bonds. The Morgan fingerprint density at radius 1 is 1.53 bits per heavy atom. The molecule has 2 rings (SSSR count). The molecule has 0 radical (unpaired) electrons. The lowest BCUT2D eigenvalue weighted by molar-refractivity contribution is -0.0361. The molecule has 1 heterocycles. The number of rotatable bonds is 2. The highest BCUT2D eigenvalue weighted by Gasteiger charge is 2.30. The van der Waals surface area contributed by atoms with Crippen molar-refractivity contribution >= 4 is 37.8 Å². The van der Waals surface area contributed by atoms with Crippen molar-refractivity contribution in [2.75, 3.05) is 18.5 Å². The molecule has 0 bridgehead atoms. The van der Waals surface area contributed by atoms with E-state index in [1.807, 2.05) is 36.9 Å². The van der Waals surface area contributed by atoms with Crippen LogP contribution >= 0.6 is 31.9 Å². The summed E-state index contributed by atoms with van der Waals surface area (Å²) >= 11 is 6.88. The molecule has 104 valence electrons. The first kappa shape index (κ1) is 15.0. The van der Waals surface area contributed by atoms with E-state index in [1.165, 1.54) is 0 Å². The number of carbonyl (C=O) groups is 1. The van der Waals surface area contributed by atoms with E-state index in [1.54, 1.807) is 0 Å². The summed E-state index contributed by atoms with van der Waals surface area (Å²) in [5, 5.41) is 0.748. The minimum Gasteiger partial charge on any atom is -0.373 e. The third-order valence-corrected chi connectivity index (χ3v) is 4.70. The van der Waals surface area contributed by atoms with Crippen molar-refractivity contribution in [2.45, 2.75) is 26.0 Å². The fraction of sp³-hybridized carbons (Fsp3) is 0.500. The van der Waals surface area contributed by atoms with Crippen LogP contribution in [0.2, 0.25) is 0 Å². The van der Waals surface area contributed by atoms with Crippen molar-refractivity contribution in [1.82, 2.24) is 4.90 Å². The van der Waals surface area contributed by atoms with E-state index >= 15 is 0 Å². The molecule has 0 saturated carbocycles. The minimum atomic E-state index is 0.0670. The van der Waals surface area contributed by atoms with E-state index in [0.717, 1.165) is 20.9 Å². The van der Waals surface area contributed by atoms with E-state index in [9.17, 15) is 4.79 Å². The van der Waals surface area contributed by atoms with Gasteiger partial charge in [-0.1, -0.05) is 27.6 Å². The lowest BCUT2D eigenvalue weighted by atomic mass is 10.1. The highest BCUT2D eigenvalue weighted by molar-refractivity contribution is 9.10. The average Bonchev–Trinajstić information content (AvgIpc) is 2.41. The number of carbonyl (C=O) groups excluding carboxylic acids is 1. The molecule has 3 nitrogen and oxygen atoms in total. The van der Waals surface area contributed by atoms with Crippen molar-refractivity contribution < 1.29 is 9.53 Å². The minimum absolute atomic E-state index is 0.0670. The molecular weight excluding hydrogens is 374 g/mol. The predicted molar refractivity (Wildman–Crippen MR) is 82.9 cm³/mol. The van der Waals surface area contributed by atoms with Crippen LogP contribution in [0.3, 0.4) is 0 Å². The molecule has 0 N–H and O–H groups in total. The Kier molecular flexibility index (Phi) is 5.03. The molecule has 1 fully saturated rings. The molecule has 2 unspecified atom stereocenters. The Morgan fingerprint density at radius 2 is 2.26 bits per heavy atom. The number of hydrogen-bond donors (Lipinski definition) is 0. The van der Waals surface area contributed by atoms with E-state index < -0.39 is 0 Å². The largest absolute Gasteiger partial charge is 0.373 e. The van der Waals surface area contributed by atoms with Crippen LogP contribution < -0.4 is 0 Å². The second-order valence-corrected chi connectivity index (χ2v) is 6.40. The molecule has 1 aromatic rings. The molecule has 19 heavy (non-hydrogen) atoms. The highest BCUT2D eigenvalue weighted by atomic mass is 79.9. The third kappa shape index (κ3) is 3.38. The maximum atomic E-state index is 12.7. The molecule has 1 aromatic carbocycles. The fourth-order valence-electron chi connectivity index (χ4n) is 2.15. The summed E-state index contributed by atoms with van der Waals surface area (Å²) in [5.74, 6) is 0.0670. The van der Waals surface area contributed by atoms with Crippen molar-refractivity contribution in [3.8, 4) is 0 Å². The maximum absolute atomic E-state index is 12.7. The average molecular weight is 391 g/mol. The van der Waals surface area contributed by atoms with Gasteiger partial charge in [0.05, 0.1) is 24.3 Å². The topological polar surface area (TPSA) is 29.5 Å². The summed E-state index contributed by atoms with van der Waals surface area (Å²) in [4.78, 5) is 14.6. The number of amides is 1. The second-order valence-electron chi connectivity index (χ2n) is 4.90. The van der Waals surface area contributed by atoms with Gasteiger partial charge >= 0.3 is 0 Å². The highest BCUT2D eigenvalue weighted by Crippen LogP contribution is 2.23. The molecule has 0 spiro atoms. The zero-order valence-electron chi connectivity index (χ0n) is 11.0. The summed E-state index contributed by atoms with van der Waals surface area (Å²) in [6.07, 6.45) is 0.0729. The van der Waals surface area contributed by atoms with Gasteiger partial charge in [0, 0.05) is 16.3 Å². The number of ether oxygens (including phenoxy) is 1. The first-order valence-corrected chi connectivity index (χ1v) is 8.19.